The Kier molecular flexibility index (Phi) is 8.43. The van der Waals surface area contributed by atoms with Gasteiger partial charge in [-0.1, -0.05) is 87.4 Å². The average Bonchev–Trinajstić information content (AvgIpc) is 3.13. The fourth-order valence-corrected chi connectivity index (χ4v) is 6.71. The largest absolute Gasteiger partial charge is 0.394 e. The van der Waals surface area contributed by atoms with Gasteiger partial charge in [0.25, 0.3) is 0 Å². The van der Waals surface area contributed by atoms with Crippen LogP contribution in [0.25, 0.3) is 10.9 Å². The van der Waals surface area contributed by atoms with Crippen molar-refractivity contribution in [2.75, 3.05) is 6.61 Å². The molecule has 2 aliphatic carbocycles. The Morgan fingerprint density at radius 2 is 1.47 bits per heavy atom. The van der Waals surface area contributed by atoms with E-state index < -0.39 is 0 Å². The topological polar surface area (TPSA) is 54.3 Å². The zero-order valence-electron chi connectivity index (χ0n) is 21.6. The molecule has 2 fully saturated rings. The van der Waals surface area contributed by atoms with E-state index in [1.807, 2.05) is 0 Å². The van der Waals surface area contributed by atoms with Crippen molar-refractivity contribution in [3.63, 3.8) is 0 Å². The summed E-state index contributed by atoms with van der Waals surface area (Å²) in [7, 11) is 0. The third-order valence-corrected chi connectivity index (χ3v) is 8.77. The Labute approximate surface area is 216 Å². The number of para-hydroxylation sites is 1. The predicted molar refractivity (Wildman–Crippen MR) is 147 cm³/mol. The number of fused-ring (bicyclic) bond motifs is 1. The molecule has 1 unspecified atom stereocenters. The highest BCUT2D eigenvalue weighted by Crippen LogP contribution is 2.36. The van der Waals surface area contributed by atoms with Crippen molar-refractivity contribution in [1.29, 1.82) is 0 Å². The van der Waals surface area contributed by atoms with Crippen LogP contribution in [0.2, 0.25) is 0 Å². The van der Waals surface area contributed by atoms with Gasteiger partial charge in [-0.25, -0.2) is 0 Å². The molecule has 0 spiro atoms. The Morgan fingerprint density at radius 3 is 2.17 bits per heavy atom. The van der Waals surface area contributed by atoms with Crippen LogP contribution in [0.15, 0.2) is 60.8 Å². The number of nitrogens with zero attached hydrogens (tertiary/aromatic N) is 1. The van der Waals surface area contributed by atoms with E-state index >= 15 is 0 Å². The number of amides is 1. The number of hydrogen-bond acceptors (Lipinski definition) is 2. The normalized spacial score (nSPS) is 19.6. The molecule has 1 heterocycles. The number of rotatable bonds is 8. The van der Waals surface area contributed by atoms with Crippen molar-refractivity contribution in [2.45, 2.75) is 89.1 Å². The molecule has 2 saturated carbocycles. The van der Waals surface area contributed by atoms with Crippen molar-refractivity contribution >= 4 is 16.8 Å². The second-order valence-electron chi connectivity index (χ2n) is 11.2. The minimum atomic E-state index is -0.137. The van der Waals surface area contributed by atoms with Gasteiger partial charge < -0.3 is 15.0 Å². The molecular weight excluding hydrogens is 444 g/mol. The minimum absolute atomic E-state index is 0.0392. The van der Waals surface area contributed by atoms with Crippen molar-refractivity contribution in [1.82, 2.24) is 9.88 Å². The molecule has 0 saturated heterocycles. The van der Waals surface area contributed by atoms with E-state index in [0.717, 1.165) is 37.8 Å². The van der Waals surface area contributed by atoms with Crippen LogP contribution in [0.4, 0.5) is 0 Å². The quantitative estimate of drug-likeness (QED) is 0.344. The second-order valence-corrected chi connectivity index (χ2v) is 11.2. The van der Waals surface area contributed by atoms with Crippen LogP contribution in [0, 0.1) is 11.8 Å². The molecule has 2 aliphatic rings. The minimum Gasteiger partial charge on any atom is -0.394 e. The van der Waals surface area contributed by atoms with Gasteiger partial charge in [-0.15, -0.1) is 0 Å². The number of carbonyl (C=O) groups is 1. The van der Waals surface area contributed by atoms with Crippen LogP contribution in [0.1, 0.15) is 87.7 Å². The summed E-state index contributed by atoms with van der Waals surface area (Å²) < 4.78 is 2.29. The van der Waals surface area contributed by atoms with Gasteiger partial charge in [-0.05, 0) is 66.2 Å². The summed E-state index contributed by atoms with van der Waals surface area (Å²) in [5.41, 5.74) is 3.62. The Hall–Kier alpha value is -2.59. The van der Waals surface area contributed by atoms with E-state index in [4.69, 9.17) is 0 Å². The lowest BCUT2D eigenvalue weighted by atomic mass is 9.79. The van der Waals surface area contributed by atoms with Gasteiger partial charge in [0.05, 0.1) is 18.6 Å². The van der Waals surface area contributed by atoms with Crippen LogP contribution in [0.5, 0.6) is 0 Å². The van der Waals surface area contributed by atoms with Gasteiger partial charge in [0.15, 0.2) is 0 Å². The zero-order valence-corrected chi connectivity index (χ0v) is 21.6. The Morgan fingerprint density at radius 1 is 0.833 bits per heavy atom. The number of aromatic nitrogens is 1. The maximum atomic E-state index is 13.8. The van der Waals surface area contributed by atoms with E-state index in [1.165, 1.54) is 61.4 Å². The number of benzene rings is 2. The van der Waals surface area contributed by atoms with Gasteiger partial charge in [-0.2, -0.15) is 0 Å². The lowest BCUT2D eigenvalue weighted by Gasteiger charge is -2.33. The van der Waals surface area contributed by atoms with Crippen molar-refractivity contribution < 1.29 is 9.90 Å². The number of aliphatic hydroxyl groups is 1. The van der Waals surface area contributed by atoms with Crippen LogP contribution in [-0.4, -0.2) is 28.2 Å². The molecule has 4 heteroatoms. The SMILES string of the molecule is O=C(N[C@@H](CO)C1CCCCC1)C(c1ccc(Cn2ccc3ccccc32)cc1)C1CCCCCC1. The highest BCUT2D eigenvalue weighted by molar-refractivity contribution is 5.84. The first-order valence-corrected chi connectivity index (χ1v) is 14.3. The van der Waals surface area contributed by atoms with Crippen molar-refractivity contribution in [3.8, 4) is 0 Å². The number of nitrogens with one attached hydrogen (secondary N) is 1. The monoisotopic (exact) mass is 486 g/mol. The summed E-state index contributed by atoms with van der Waals surface area (Å²) in [4.78, 5) is 13.8. The third kappa shape index (κ3) is 5.86. The molecule has 2 aromatic carbocycles. The summed E-state index contributed by atoms with van der Waals surface area (Å²) in [6.45, 7) is 0.861. The Balaban J connectivity index is 1.35. The van der Waals surface area contributed by atoms with E-state index in [-0.39, 0.29) is 24.5 Å². The molecular formula is C32H42N2O2. The molecule has 5 rings (SSSR count). The molecule has 0 radical (unpaired) electrons. The first kappa shape index (κ1) is 25.1. The second kappa shape index (κ2) is 12.1. The van der Waals surface area contributed by atoms with E-state index in [1.54, 1.807) is 0 Å². The maximum Gasteiger partial charge on any atom is 0.228 e. The molecule has 4 nitrogen and oxygen atoms in total. The molecule has 2 atom stereocenters. The lowest BCUT2D eigenvalue weighted by Crippen LogP contribution is -2.46. The zero-order chi connectivity index (χ0) is 24.7. The summed E-state index contributed by atoms with van der Waals surface area (Å²) in [5.74, 6) is 0.761. The highest BCUT2D eigenvalue weighted by Gasteiger charge is 2.33. The average molecular weight is 487 g/mol. The molecule has 1 amide bonds. The smallest absolute Gasteiger partial charge is 0.228 e. The first-order chi connectivity index (χ1) is 17.7. The van der Waals surface area contributed by atoms with Crippen LogP contribution in [0.3, 0.4) is 0 Å². The highest BCUT2D eigenvalue weighted by atomic mass is 16.3. The summed E-state index contributed by atoms with van der Waals surface area (Å²) >= 11 is 0. The van der Waals surface area contributed by atoms with E-state index in [9.17, 15) is 9.90 Å². The molecule has 36 heavy (non-hydrogen) atoms. The predicted octanol–water partition coefficient (Wildman–Crippen LogP) is 6.80. The molecule has 3 aromatic rings. The third-order valence-electron chi connectivity index (χ3n) is 8.77. The molecule has 1 aromatic heterocycles. The van der Waals surface area contributed by atoms with Gasteiger partial charge in [0.1, 0.15) is 0 Å². The molecule has 192 valence electrons. The van der Waals surface area contributed by atoms with Crippen LogP contribution < -0.4 is 5.32 Å². The fourth-order valence-electron chi connectivity index (χ4n) is 6.71. The van der Waals surface area contributed by atoms with Crippen molar-refractivity contribution in [2.24, 2.45) is 11.8 Å². The van der Waals surface area contributed by atoms with Gasteiger partial charge in [-0.3, -0.25) is 4.79 Å². The van der Waals surface area contributed by atoms with Crippen LogP contribution >= 0.6 is 0 Å². The van der Waals surface area contributed by atoms with Gasteiger partial charge in [0, 0.05) is 18.3 Å². The molecule has 0 aliphatic heterocycles. The standard InChI is InChI=1S/C32H42N2O2/c35-23-29(25-10-6-3-7-11-25)33-32(36)31(27-13-4-1-2-5-14-27)28-18-16-24(17-19-28)22-34-21-20-26-12-8-9-15-30(26)34/h8-9,12,15-21,25,27,29,31,35H,1-7,10-11,13-14,22-23H2,(H,33,36)/t29-,31?/m0/s1. The number of carbonyl (C=O) groups excluding carboxylic acids is 1. The lowest BCUT2D eigenvalue weighted by molar-refractivity contribution is -0.125. The number of hydrogen-bond donors (Lipinski definition) is 2. The fraction of sp³-hybridized carbons (Fsp3) is 0.531. The van der Waals surface area contributed by atoms with Crippen LogP contribution in [-0.2, 0) is 11.3 Å². The molecule has 0 bridgehead atoms. The summed E-state index contributed by atoms with van der Waals surface area (Å²) in [6.07, 6.45) is 15.3. The Bertz CT molecular complexity index is 1100. The van der Waals surface area contributed by atoms with Crippen molar-refractivity contribution in [3.05, 3.63) is 71.9 Å². The number of aliphatic hydroxyl groups excluding tert-OH is 1. The van der Waals surface area contributed by atoms with Gasteiger partial charge in [0.2, 0.25) is 5.91 Å². The van der Waals surface area contributed by atoms with E-state index in [0.29, 0.717) is 11.8 Å². The van der Waals surface area contributed by atoms with Gasteiger partial charge >= 0.3 is 0 Å². The summed E-state index contributed by atoms with van der Waals surface area (Å²) in [5, 5.41) is 14.7. The summed E-state index contributed by atoms with van der Waals surface area (Å²) in [6, 6.07) is 19.3. The van der Waals surface area contributed by atoms with E-state index in [2.05, 4.69) is 70.7 Å². The maximum absolute atomic E-state index is 13.8. The first-order valence-electron chi connectivity index (χ1n) is 14.3. The molecule has 2 N–H and O–H groups in total.